The Morgan fingerprint density at radius 1 is 1.58 bits per heavy atom. The van der Waals surface area contributed by atoms with Gasteiger partial charge in [-0.1, -0.05) is 6.07 Å². The number of nitrogens with one attached hydrogen (secondary N) is 2. The van der Waals surface area contributed by atoms with Crippen molar-refractivity contribution < 1.29 is 13.9 Å². The van der Waals surface area contributed by atoms with E-state index < -0.39 is 6.10 Å². The molecule has 1 saturated heterocycles. The molecule has 0 aliphatic carbocycles. The first-order valence-electron chi connectivity index (χ1n) is 6.52. The minimum absolute atomic E-state index is 0.0908. The van der Waals surface area contributed by atoms with E-state index in [1.807, 2.05) is 6.92 Å². The molecule has 1 heterocycles. The molecule has 19 heavy (non-hydrogen) atoms. The van der Waals surface area contributed by atoms with Gasteiger partial charge in [0.1, 0.15) is 11.9 Å². The minimum Gasteiger partial charge on any atom is -0.366 e. The second kappa shape index (κ2) is 6.63. The number of hydrogen-bond acceptors (Lipinski definition) is 3. The number of rotatable bonds is 4. The minimum atomic E-state index is -0.400. The van der Waals surface area contributed by atoms with Gasteiger partial charge in [-0.3, -0.25) is 4.79 Å². The van der Waals surface area contributed by atoms with Crippen molar-refractivity contribution in [2.24, 2.45) is 0 Å². The smallest absolute Gasteiger partial charge is 0.250 e. The van der Waals surface area contributed by atoms with Crippen molar-refractivity contribution in [3.63, 3.8) is 0 Å². The second-order valence-electron chi connectivity index (χ2n) is 4.68. The topological polar surface area (TPSA) is 50.4 Å². The van der Waals surface area contributed by atoms with E-state index >= 15 is 0 Å². The lowest BCUT2D eigenvalue weighted by Gasteiger charge is -2.22. The lowest BCUT2D eigenvalue weighted by atomic mass is 10.1. The summed E-state index contributed by atoms with van der Waals surface area (Å²) in [4.78, 5) is 11.8. The van der Waals surface area contributed by atoms with Crippen molar-refractivity contribution in [3.8, 4) is 0 Å². The Morgan fingerprint density at radius 3 is 3.11 bits per heavy atom. The van der Waals surface area contributed by atoms with Gasteiger partial charge in [0.05, 0.1) is 6.61 Å². The number of carbonyl (C=O) groups is 1. The van der Waals surface area contributed by atoms with Gasteiger partial charge in [-0.05, 0) is 36.6 Å². The van der Waals surface area contributed by atoms with Gasteiger partial charge in [-0.15, -0.1) is 0 Å². The number of benzene rings is 1. The van der Waals surface area contributed by atoms with Crippen LogP contribution in [0, 0.1) is 12.7 Å². The summed E-state index contributed by atoms with van der Waals surface area (Å²) in [5, 5.41) is 5.96. The van der Waals surface area contributed by atoms with Gasteiger partial charge in [-0.25, -0.2) is 4.39 Å². The highest BCUT2D eigenvalue weighted by molar-refractivity contribution is 5.81. The first kappa shape index (κ1) is 14.0. The Balaban J connectivity index is 1.78. The molecule has 1 fully saturated rings. The van der Waals surface area contributed by atoms with E-state index in [1.165, 1.54) is 12.1 Å². The number of amides is 1. The van der Waals surface area contributed by atoms with Gasteiger partial charge in [0.15, 0.2) is 0 Å². The van der Waals surface area contributed by atoms with Crippen LogP contribution in [0.5, 0.6) is 0 Å². The molecule has 0 bridgehead atoms. The molecule has 1 unspecified atom stereocenters. The van der Waals surface area contributed by atoms with Crippen LogP contribution in [-0.4, -0.2) is 38.3 Å². The molecule has 1 aromatic rings. The number of hydrogen-bond donors (Lipinski definition) is 2. The van der Waals surface area contributed by atoms with Crippen molar-refractivity contribution in [3.05, 3.63) is 35.1 Å². The highest BCUT2D eigenvalue weighted by Gasteiger charge is 2.20. The van der Waals surface area contributed by atoms with E-state index in [4.69, 9.17) is 4.74 Å². The van der Waals surface area contributed by atoms with Crippen LogP contribution in [0.1, 0.15) is 11.1 Å². The van der Waals surface area contributed by atoms with Crippen LogP contribution in [0.3, 0.4) is 0 Å². The van der Waals surface area contributed by atoms with Crippen LogP contribution in [0.2, 0.25) is 0 Å². The second-order valence-corrected chi connectivity index (χ2v) is 4.68. The zero-order valence-corrected chi connectivity index (χ0v) is 11.0. The van der Waals surface area contributed by atoms with Gasteiger partial charge in [0.2, 0.25) is 5.91 Å². The number of morpholine rings is 1. The average molecular weight is 266 g/mol. The molecule has 2 rings (SSSR count). The maximum absolute atomic E-state index is 12.9. The molecule has 1 amide bonds. The third kappa shape index (κ3) is 4.01. The summed E-state index contributed by atoms with van der Waals surface area (Å²) < 4.78 is 18.3. The van der Waals surface area contributed by atoms with Gasteiger partial charge >= 0.3 is 0 Å². The van der Waals surface area contributed by atoms with E-state index in [9.17, 15) is 9.18 Å². The molecule has 1 aliphatic heterocycles. The van der Waals surface area contributed by atoms with E-state index in [0.717, 1.165) is 17.7 Å². The zero-order chi connectivity index (χ0) is 13.7. The first-order valence-corrected chi connectivity index (χ1v) is 6.52. The van der Waals surface area contributed by atoms with E-state index in [2.05, 4.69) is 10.6 Å². The highest BCUT2D eigenvalue weighted by atomic mass is 19.1. The summed E-state index contributed by atoms with van der Waals surface area (Å²) in [5.74, 6) is -0.320. The number of ether oxygens (including phenoxy) is 1. The van der Waals surface area contributed by atoms with Gasteiger partial charge in [0.25, 0.3) is 0 Å². The van der Waals surface area contributed by atoms with Gasteiger partial charge in [-0.2, -0.15) is 0 Å². The lowest BCUT2D eigenvalue weighted by Crippen LogP contribution is -2.48. The van der Waals surface area contributed by atoms with Crippen LogP contribution in [0.25, 0.3) is 0 Å². The summed E-state index contributed by atoms with van der Waals surface area (Å²) in [6, 6.07) is 4.71. The van der Waals surface area contributed by atoms with Crippen molar-refractivity contribution in [1.82, 2.24) is 10.6 Å². The predicted molar refractivity (Wildman–Crippen MR) is 70.5 cm³/mol. The van der Waals surface area contributed by atoms with Crippen LogP contribution < -0.4 is 10.6 Å². The molecule has 0 radical (unpaired) electrons. The van der Waals surface area contributed by atoms with Crippen molar-refractivity contribution in [2.75, 3.05) is 26.2 Å². The van der Waals surface area contributed by atoms with Gasteiger partial charge < -0.3 is 15.4 Å². The largest absolute Gasteiger partial charge is 0.366 e. The fraction of sp³-hybridized carbons (Fsp3) is 0.500. The molecule has 2 N–H and O–H groups in total. The molecule has 0 aromatic heterocycles. The third-order valence-corrected chi connectivity index (χ3v) is 3.22. The fourth-order valence-corrected chi connectivity index (χ4v) is 2.11. The van der Waals surface area contributed by atoms with E-state index in [1.54, 1.807) is 6.07 Å². The quantitative estimate of drug-likeness (QED) is 0.847. The molecule has 1 aromatic carbocycles. The summed E-state index contributed by atoms with van der Waals surface area (Å²) in [6.45, 7) is 4.31. The van der Waals surface area contributed by atoms with Crippen LogP contribution in [0.4, 0.5) is 4.39 Å². The maximum atomic E-state index is 12.9. The molecule has 0 spiro atoms. The van der Waals surface area contributed by atoms with Crippen LogP contribution >= 0.6 is 0 Å². The molecule has 4 nitrogen and oxygen atoms in total. The normalized spacial score (nSPS) is 19.2. The Bertz CT molecular complexity index is 445. The fourth-order valence-electron chi connectivity index (χ4n) is 2.11. The number of aryl methyl sites for hydroxylation is 1. The lowest BCUT2D eigenvalue weighted by molar-refractivity contribution is -0.134. The molecule has 104 valence electrons. The van der Waals surface area contributed by atoms with Gasteiger partial charge in [0, 0.05) is 19.6 Å². The van der Waals surface area contributed by atoms with Crippen molar-refractivity contribution in [2.45, 2.75) is 19.4 Å². The monoisotopic (exact) mass is 266 g/mol. The zero-order valence-electron chi connectivity index (χ0n) is 11.0. The Kier molecular flexibility index (Phi) is 4.87. The number of carbonyl (C=O) groups excluding carboxylic acids is 1. The SMILES string of the molecule is Cc1cc(F)ccc1CCNC(=O)C1CNCCO1. The van der Waals surface area contributed by atoms with Crippen molar-refractivity contribution >= 4 is 5.91 Å². The molecule has 1 aliphatic rings. The summed E-state index contributed by atoms with van der Waals surface area (Å²) in [5.41, 5.74) is 1.95. The molecule has 5 heteroatoms. The average Bonchev–Trinajstić information content (AvgIpc) is 2.42. The van der Waals surface area contributed by atoms with Crippen LogP contribution in [0.15, 0.2) is 18.2 Å². The third-order valence-electron chi connectivity index (χ3n) is 3.22. The molecule has 1 atom stereocenters. The van der Waals surface area contributed by atoms with E-state index in [0.29, 0.717) is 26.1 Å². The molecular weight excluding hydrogens is 247 g/mol. The highest BCUT2D eigenvalue weighted by Crippen LogP contribution is 2.10. The standard InChI is InChI=1S/C14H19FN2O2/c1-10-8-12(15)3-2-11(10)4-5-17-14(18)13-9-16-6-7-19-13/h2-3,8,13,16H,4-7,9H2,1H3,(H,17,18). The summed E-state index contributed by atoms with van der Waals surface area (Å²) >= 11 is 0. The number of halogens is 1. The Hall–Kier alpha value is -1.46. The maximum Gasteiger partial charge on any atom is 0.250 e. The Morgan fingerprint density at radius 2 is 2.42 bits per heavy atom. The summed E-state index contributed by atoms with van der Waals surface area (Å²) in [6.07, 6.45) is 0.293. The van der Waals surface area contributed by atoms with Crippen LogP contribution in [-0.2, 0) is 16.0 Å². The van der Waals surface area contributed by atoms with E-state index in [-0.39, 0.29) is 11.7 Å². The van der Waals surface area contributed by atoms with Crippen molar-refractivity contribution in [1.29, 1.82) is 0 Å². The Labute approximate surface area is 112 Å². The molecular formula is C14H19FN2O2. The first-order chi connectivity index (χ1) is 9.16. The predicted octanol–water partition coefficient (Wildman–Crippen LogP) is 0.781. The molecule has 0 saturated carbocycles. The summed E-state index contributed by atoms with van der Waals surface area (Å²) in [7, 11) is 0.